The molecule has 0 fully saturated rings. The number of hydrogen-bond donors (Lipinski definition) is 6. The molecule has 0 aromatic heterocycles. The molecule has 4 rings (SSSR count). The standard InChI is InChI=1S/C30H30F3N3O5S/c31-30(32,33)26-3-1-2-4-27(26)36-42(40,41)25-12-10-24(11-13-25)35-23-8-5-20(6-9-23)15-16-34-18-29(39)21-7-14-28(38)22(17-21)19-37/h1-14,17,29,34-39H,15-16,18-19H2. The first-order valence-electron chi connectivity index (χ1n) is 12.9. The quantitative estimate of drug-likeness (QED) is 0.121. The summed E-state index contributed by atoms with van der Waals surface area (Å²) in [4.78, 5) is -0.183. The number of halogens is 3. The molecule has 0 bridgehead atoms. The Hall–Kier alpha value is -4.10. The number of phenols is 1. The monoisotopic (exact) mass is 601 g/mol. The Bertz CT molecular complexity index is 1600. The molecule has 0 aliphatic heterocycles. The first-order valence-corrected chi connectivity index (χ1v) is 14.4. The van der Waals surface area contributed by atoms with E-state index in [1.165, 1.54) is 42.5 Å². The van der Waals surface area contributed by atoms with Crippen molar-refractivity contribution in [3.05, 3.63) is 113 Å². The van der Waals surface area contributed by atoms with Crippen molar-refractivity contribution in [2.75, 3.05) is 23.1 Å². The molecule has 0 aliphatic carbocycles. The predicted molar refractivity (Wildman–Crippen MR) is 154 cm³/mol. The number of anilines is 3. The molecule has 12 heteroatoms. The molecular formula is C30H30F3N3O5S. The van der Waals surface area contributed by atoms with Gasteiger partial charge in [0.15, 0.2) is 0 Å². The van der Waals surface area contributed by atoms with Crippen LogP contribution in [0.5, 0.6) is 5.75 Å². The smallest absolute Gasteiger partial charge is 0.418 e. The molecule has 4 aromatic carbocycles. The molecular weight excluding hydrogens is 571 g/mol. The van der Waals surface area contributed by atoms with E-state index in [0.717, 1.165) is 23.4 Å². The van der Waals surface area contributed by atoms with Crippen molar-refractivity contribution in [3.8, 4) is 5.75 Å². The van der Waals surface area contributed by atoms with Crippen molar-refractivity contribution in [3.63, 3.8) is 0 Å². The lowest BCUT2D eigenvalue weighted by atomic mass is 10.1. The maximum Gasteiger partial charge on any atom is 0.418 e. The van der Waals surface area contributed by atoms with Crippen molar-refractivity contribution in [1.29, 1.82) is 0 Å². The third-order valence-electron chi connectivity index (χ3n) is 6.47. The largest absolute Gasteiger partial charge is 0.508 e. The van der Waals surface area contributed by atoms with Gasteiger partial charge < -0.3 is 26.0 Å². The van der Waals surface area contributed by atoms with Gasteiger partial charge in [0, 0.05) is 23.5 Å². The van der Waals surface area contributed by atoms with Crippen LogP contribution in [0, 0.1) is 0 Å². The number of nitrogens with one attached hydrogen (secondary N) is 3. The van der Waals surface area contributed by atoms with Gasteiger partial charge in [-0.05, 0) is 84.8 Å². The summed E-state index contributed by atoms with van der Waals surface area (Å²) in [6.45, 7) is 0.580. The lowest BCUT2D eigenvalue weighted by Gasteiger charge is -2.15. The van der Waals surface area contributed by atoms with Crippen LogP contribution >= 0.6 is 0 Å². The second kappa shape index (κ2) is 13.3. The normalized spacial score (nSPS) is 12.6. The Labute approximate surface area is 241 Å². The van der Waals surface area contributed by atoms with Gasteiger partial charge in [0.1, 0.15) is 5.75 Å². The van der Waals surface area contributed by atoms with E-state index in [9.17, 15) is 36.9 Å². The Morgan fingerprint density at radius 3 is 2.14 bits per heavy atom. The molecule has 0 saturated heterocycles. The van der Waals surface area contributed by atoms with Crippen LogP contribution in [-0.2, 0) is 29.2 Å². The Balaban J connectivity index is 1.28. The highest BCUT2D eigenvalue weighted by atomic mass is 32.2. The molecule has 222 valence electrons. The van der Waals surface area contributed by atoms with Crippen LogP contribution in [-0.4, -0.2) is 36.8 Å². The first kappa shape index (κ1) is 30.8. The summed E-state index contributed by atoms with van der Waals surface area (Å²) in [7, 11) is -4.25. The maximum atomic E-state index is 13.2. The number of benzene rings is 4. The highest BCUT2D eigenvalue weighted by Gasteiger charge is 2.34. The van der Waals surface area contributed by atoms with Gasteiger partial charge in [0.2, 0.25) is 0 Å². The van der Waals surface area contributed by atoms with E-state index < -0.39 is 33.6 Å². The Kier molecular flexibility index (Phi) is 9.74. The summed E-state index contributed by atoms with van der Waals surface area (Å²) < 4.78 is 67.2. The van der Waals surface area contributed by atoms with E-state index >= 15 is 0 Å². The van der Waals surface area contributed by atoms with E-state index in [-0.39, 0.29) is 17.3 Å². The highest BCUT2D eigenvalue weighted by Crippen LogP contribution is 2.35. The SMILES string of the molecule is O=S(=O)(Nc1ccccc1C(F)(F)F)c1ccc(Nc2ccc(CCNCC(O)c3ccc(O)c(CO)c3)cc2)cc1. The third kappa shape index (κ3) is 8.01. The van der Waals surface area contributed by atoms with Crippen LogP contribution in [0.15, 0.2) is 95.9 Å². The fraction of sp³-hybridized carbons (Fsp3) is 0.200. The number of aliphatic hydroxyl groups excluding tert-OH is 2. The number of para-hydroxylation sites is 1. The molecule has 0 radical (unpaired) electrons. The lowest BCUT2D eigenvalue weighted by Crippen LogP contribution is -2.23. The molecule has 6 N–H and O–H groups in total. The van der Waals surface area contributed by atoms with Crippen molar-refractivity contribution >= 4 is 27.1 Å². The van der Waals surface area contributed by atoms with E-state index in [0.29, 0.717) is 36.3 Å². The molecule has 42 heavy (non-hydrogen) atoms. The molecule has 0 spiro atoms. The molecule has 0 aliphatic rings. The van der Waals surface area contributed by atoms with E-state index in [1.807, 2.05) is 29.0 Å². The number of alkyl halides is 3. The zero-order valence-corrected chi connectivity index (χ0v) is 23.1. The van der Waals surface area contributed by atoms with Crippen LogP contribution in [0.25, 0.3) is 0 Å². The van der Waals surface area contributed by atoms with Gasteiger partial charge in [-0.1, -0.05) is 30.3 Å². The van der Waals surface area contributed by atoms with Crippen molar-refractivity contribution in [2.45, 2.75) is 30.2 Å². The zero-order valence-electron chi connectivity index (χ0n) is 22.3. The number of aliphatic hydroxyl groups is 2. The molecule has 1 atom stereocenters. The summed E-state index contributed by atoms with van der Waals surface area (Å²) in [5, 5.41) is 35.6. The number of rotatable bonds is 12. The molecule has 8 nitrogen and oxygen atoms in total. The molecule has 0 saturated carbocycles. The minimum Gasteiger partial charge on any atom is -0.508 e. The van der Waals surface area contributed by atoms with Crippen molar-refractivity contribution in [1.82, 2.24) is 5.32 Å². The summed E-state index contributed by atoms with van der Waals surface area (Å²) in [6, 6.07) is 22.2. The van der Waals surface area contributed by atoms with Gasteiger partial charge in [-0.25, -0.2) is 8.42 Å². The lowest BCUT2D eigenvalue weighted by molar-refractivity contribution is -0.136. The number of hydrogen-bond acceptors (Lipinski definition) is 7. The second-order valence-corrected chi connectivity index (χ2v) is 11.2. The fourth-order valence-electron chi connectivity index (χ4n) is 4.19. The average molecular weight is 602 g/mol. The first-order chi connectivity index (χ1) is 20.0. The van der Waals surface area contributed by atoms with Crippen LogP contribution in [0.3, 0.4) is 0 Å². The number of sulfonamides is 1. The molecule has 0 heterocycles. The van der Waals surface area contributed by atoms with Crippen molar-refractivity contribution in [2.24, 2.45) is 0 Å². The molecule has 1 unspecified atom stereocenters. The van der Waals surface area contributed by atoms with E-state index in [4.69, 9.17) is 0 Å². The number of aromatic hydroxyl groups is 1. The highest BCUT2D eigenvalue weighted by molar-refractivity contribution is 7.92. The van der Waals surface area contributed by atoms with Crippen LogP contribution in [0.4, 0.5) is 30.2 Å². The van der Waals surface area contributed by atoms with Gasteiger partial charge in [-0.15, -0.1) is 0 Å². The van der Waals surface area contributed by atoms with Crippen molar-refractivity contribution < 1.29 is 36.9 Å². The summed E-state index contributed by atoms with van der Waals surface area (Å²) in [5.41, 5.74) is 1.70. The molecule has 4 aromatic rings. The van der Waals surface area contributed by atoms with Crippen LogP contribution < -0.4 is 15.4 Å². The average Bonchev–Trinajstić information content (AvgIpc) is 2.96. The Morgan fingerprint density at radius 1 is 0.857 bits per heavy atom. The van der Waals surface area contributed by atoms with E-state index in [1.54, 1.807) is 12.1 Å². The summed E-state index contributed by atoms with van der Waals surface area (Å²) in [5.74, 6) is -0.0218. The van der Waals surface area contributed by atoms with Gasteiger partial charge in [-0.2, -0.15) is 13.2 Å². The van der Waals surface area contributed by atoms with Gasteiger partial charge >= 0.3 is 6.18 Å². The van der Waals surface area contributed by atoms with Crippen LogP contribution in [0.1, 0.15) is 28.4 Å². The second-order valence-electron chi connectivity index (χ2n) is 9.51. The van der Waals surface area contributed by atoms with Gasteiger partial charge in [0.25, 0.3) is 10.0 Å². The molecule has 0 amide bonds. The summed E-state index contributed by atoms with van der Waals surface area (Å²) >= 11 is 0. The van der Waals surface area contributed by atoms with E-state index in [2.05, 4.69) is 10.6 Å². The fourth-order valence-corrected chi connectivity index (χ4v) is 5.27. The predicted octanol–water partition coefficient (Wildman–Crippen LogP) is 5.31. The third-order valence-corrected chi connectivity index (χ3v) is 7.85. The zero-order chi connectivity index (χ0) is 30.3. The van der Waals surface area contributed by atoms with Crippen LogP contribution in [0.2, 0.25) is 0 Å². The maximum absolute atomic E-state index is 13.2. The van der Waals surface area contributed by atoms with Gasteiger partial charge in [-0.3, -0.25) is 4.72 Å². The minimum atomic E-state index is -4.71. The minimum absolute atomic E-state index is 0.0218. The Morgan fingerprint density at radius 2 is 1.50 bits per heavy atom. The van der Waals surface area contributed by atoms with Gasteiger partial charge in [0.05, 0.1) is 28.9 Å². The summed E-state index contributed by atoms with van der Waals surface area (Å²) in [6.07, 6.45) is -4.81. The topological polar surface area (TPSA) is 131 Å².